The van der Waals surface area contributed by atoms with Gasteiger partial charge in [0.1, 0.15) is 0 Å². The van der Waals surface area contributed by atoms with Crippen LogP contribution < -0.4 is 14.7 Å². The minimum Gasteiger partial charge on any atom is -0.339 e. The Kier molecular flexibility index (Phi) is 6.75. The molecule has 3 aromatic rings. The van der Waals surface area contributed by atoms with Crippen molar-refractivity contribution in [3.63, 3.8) is 0 Å². The molecule has 3 aliphatic carbocycles. The van der Waals surface area contributed by atoms with Crippen LogP contribution in [0.3, 0.4) is 0 Å². The Balaban J connectivity index is 0.885. The number of carbonyl (C=O) groups excluding carboxylic acids is 1. The zero-order chi connectivity index (χ0) is 43.3. The third-order valence-electron chi connectivity index (χ3n) is 22.0. The molecule has 6 bridgehead atoms. The molecule has 11 heterocycles. The Morgan fingerprint density at radius 1 is 0.591 bits per heavy atom. The van der Waals surface area contributed by atoms with E-state index in [0.29, 0.717) is 53.7 Å². The fourth-order valence-electron chi connectivity index (χ4n) is 20.0. The number of hydrogen-bond donors (Lipinski definition) is 0. The molecule has 3 aromatic carbocycles. The van der Waals surface area contributed by atoms with Gasteiger partial charge in [0, 0.05) is 113 Å². The standard InChI is InChI=1S/C59H60N6O/c1-4-33-28-61-22-20-58-45-15-9-12-18-48(45)65-55(58)39(36(33)24-51(58)61)23-40(56(65)66)49-27-59-44-14-8-11-17-47(44)64-31-41-37-25-50-57(19-21-60(50)29-34(37)5-2)43-13-7-10-16-46(43)63(53(41)57)32-42(54(59)64)38-26-52(59)62(49)30-35(38)6-3/h4-18,23,31-32,36-39,49-55H,19-22,24-30H2,1-3H3/b33-4-,34-5?,35-6?,41-31-,42-32-/t36-,37+,38+,39-,49-,50-,51-,52+,53+,54-,55-,57+,58+,59-/m0/s1. The molecule has 14 atom stereocenters. The number of hydrogen-bond acceptors (Lipinski definition) is 6. The maximum atomic E-state index is 16.1. The summed E-state index contributed by atoms with van der Waals surface area (Å²) in [5, 5.41) is 0. The lowest BCUT2D eigenvalue weighted by atomic mass is 9.54. The molecule has 0 N–H and O–H groups in total. The quantitative estimate of drug-likeness (QED) is 0.228. The Morgan fingerprint density at radius 3 is 1.82 bits per heavy atom. The number of carbonyl (C=O) groups is 1. The van der Waals surface area contributed by atoms with Crippen molar-refractivity contribution in [2.45, 2.75) is 118 Å². The van der Waals surface area contributed by atoms with Crippen molar-refractivity contribution in [1.29, 1.82) is 0 Å². The Labute approximate surface area is 389 Å². The van der Waals surface area contributed by atoms with Gasteiger partial charge in [-0.15, -0.1) is 0 Å². The molecule has 0 unspecified atom stereocenters. The summed E-state index contributed by atoms with van der Waals surface area (Å²) in [5.74, 6) is 1.90. The van der Waals surface area contributed by atoms with Gasteiger partial charge >= 0.3 is 0 Å². The molecule has 9 fully saturated rings. The molecular formula is C59H60N6O. The number of fused-ring (bicyclic) bond motifs is 12. The second-order valence-corrected chi connectivity index (χ2v) is 23.3. The van der Waals surface area contributed by atoms with Crippen molar-refractivity contribution in [2.24, 2.45) is 23.7 Å². The van der Waals surface area contributed by atoms with Gasteiger partial charge in [-0.3, -0.25) is 19.5 Å². The van der Waals surface area contributed by atoms with Gasteiger partial charge in [-0.1, -0.05) is 95.6 Å². The first-order chi connectivity index (χ1) is 32.4. The van der Waals surface area contributed by atoms with E-state index in [0.717, 1.165) is 51.0 Å². The smallest absolute Gasteiger partial charge is 0.255 e. The first-order valence-electron chi connectivity index (χ1n) is 26.0. The van der Waals surface area contributed by atoms with Gasteiger partial charge < -0.3 is 14.7 Å². The molecule has 6 saturated heterocycles. The summed E-state index contributed by atoms with van der Waals surface area (Å²) in [6.45, 7) is 12.3. The summed E-state index contributed by atoms with van der Waals surface area (Å²) >= 11 is 0. The fraction of sp³-hybridized carbons (Fsp3) is 0.475. The van der Waals surface area contributed by atoms with Gasteiger partial charge in [0.15, 0.2) is 0 Å². The lowest BCUT2D eigenvalue weighted by Gasteiger charge is -2.57. The first-order valence-corrected chi connectivity index (χ1v) is 26.0. The lowest BCUT2D eigenvalue weighted by Crippen LogP contribution is -2.66. The van der Waals surface area contributed by atoms with Crippen molar-refractivity contribution in [3.8, 4) is 0 Å². The molecule has 332 valence electrons. The average Bonchev–Trinajstić information content (AvgIpc) is 4.19. The molecule has 3 saturated carbocycles. The van der Waals surface area contributed by atoms with E-state index < -0.39 is 0 Å². The van der Waals surface area contributed by atoms with Crippen LogP contribution >= 0.6 is 0 Å². The number of allylic oxidation sites excluding steroid dienone is 3. The second-order valence-electron chi connectivity index (χ2n) is 23.3. The molecule has 66 heavy (non-hydrogen) atoms. The van der Waals surface area contributed by atoms with E-state index in [2.05, 4.69) is 160 Å². The molecule has 7 heteroatoms. The summed E-state index contributed by atoms with van der Waals surface area (Å²) in [7, 11) is 0. The van der Waals surface area contributed by atoms with Crippen molar-refractivity contribution in [1.82, 2.24) is 14.7 Å². The van der Waals surface area contributed by atoms with Crippen LogP contribution in [0.15, 0.2) is 143 Å². The zero-order valence-electron chi connectivity index (χ0n) is 38.6. The van der Waals surface area contributed by atoms with Crippen molar-refractivity contribution in [3.05, 3.63) is 160 Å². The van der Waals surface area contributed by atoms with E-state index >= 15 is 4.79 Å². The highest BCUT2D eigenvalue weighted by Gasteiger charge is 2.74. The molecule has 17 rings (SSSR count). The predicted octanol–water partition coefficient (Wildman–Crippen LogP) is 8.76. The van der Waals surface area contributed by atoms with Crippen molar-refractivity contribution >= 4 is 23.0 Å². The monoisotopic (exact) mass is 868 g/mol. The van der Waals surface area contributed by atoms with Crippen LogP contribution in [0.25, 0.3) is 0 Å². The molecule has 0 aromatic heterocycles. The van der Waals surface area contributed by atoms with E-state index in [-0.39, 0.29) is 34.4 Å². The lowest BCUT2D eigenvalue weighted by molar-refractivity contribution is -0.118. The molecule has 14 aliphatic rings. The van der Waals surface area contributed by atoms with Crippen LogP contribution in [0.2, 0.25) is 0 Å². The van der Waals surface area contributed by atoms with Crippen molar-refractivity contribution < 1.29 is 4.79 Å². The largest absolute Gasteiger partial charge is 0.339 e. The Hall–Kier alpha value is -4.95. The number of nitrogens with zero attached hydrogens (tertiary/aromatic N) is 6. The summed E-state index contributed by atoms with van der Waals surface area (Å²) in [5.41, 5.74) is 17.7. The Morgan fingerprint density at radius 2 is 1.14 bits per heavy atom. The van der Waals surface area contributed by atoms with E-state index in [9.17, 15) is 0 Å². The zero-order valence-corrected chi connectivity index (χ0v) is 38.6. The number of amides is 1. The third-order valence-corrected chi connectivity index (χ3v) is 22.0. The predicted molar refractivity (Wildman–Crippen MR) is 260 cm³/mol. The van der Waals surface area contributed by atoms with Gasteiger partial charge in [0.2, 0.25) is 0 Å². The summed E-state index contributed by atoms with van der Waals surface area (Å²) in [4.78, 5) is 32.8. The maximum absolute atomic E-state index is 16.1. The number of rotatable bonds is 1. The van der Waals surface area contributed by atoms with Crippen LogP contribution in [0.4, 0.5) is 17.1 Å². The highest BCUT2D eigenvalue weighted by atomic mass is 16.2. The number of anilines is 3. The number of benzene rings is 3. The van der Waals surface area contributed by atoms with Gasteiger partial charge in [-0.2, -0.15) is 0 Å². The van der Waals surface area contributed by atoms with E-state index in [1.807, 2.05) is 0 Å². The molecule has 7 nitrogen and oxygen atoms in total. The summed E-state index contributed by atoms with van der Waals surface area (Å²) in [6.07, 6.45) is 22.4. The summed E-state index contributed by atoms with van der Waals surface area (Å²) < 4.78 is 0. The molecule has 1 amide bonds. The van der Waals surface area contributed by atoms with Crippen LogP contribution in [0.5, 0.6) is 0 Å². The highest BCUT2D eigenvalue weighted by molar-refractivity contribution is 6.10. The molecular weight excluding hydrogens is 809 g/mol. The van der Waals surface area contributed by atoms with Gasteiger partial charge in [-0.25, -0.2) is 0 Å². The van der Waals surface area contributed by atoms with Crippen molar-refractivity contribution in [2.75, 3.05) is 47.4 Å². The minimum atomic E-state index is -0.161. The van der Waals surface area contributed by atoms with Crippen LogP contribution in [-0.2, 0) is 21.0 Å². The molecule has 3 spiro atoms. The van der Waals surface area contributed by atoms with Gasteiger partial charge in [0.25, 0.3) is 5.91 Å². The molecule has 0 radical (unpaired) electrons. The maximum Gasteiger partial charge on any atom is 0.255 e. The number of para-hydroxylation sites is 3. The van der Waals surface area contributed by atoms with Crippen LogP contribution in [0, 0.1) is 23.7 Å². The van der Waals surface area contributed by atoms with Gasteiger partial charge in [0.05, 0.1) is 18.1 Å². The SMILES string of the molecule is CC=C1CN2[C@H](C3=C[C@@H]4[C@@H]5N(C3=O)c3ccccc3[C@@]53CCN5C/C(=C/C)[C@@H]4C[C@H]53)C[C@]34c5ccccc5N5/C=C6/[C@@H]7C[C@@H]8N(CC[C@@]89c8ccccc8N(/C=C(/[C@@H]1C[C@@H]23)[C@H]54)[C@H]69)CC7=CC. The Bertz CT molecular complexity index is 2990. The van der Waals surface area contributed by atoms with E-state index in [4.69, 9.17) is 0 Å². The average molecular weight is 869 g/mol. The van der Waals surface area contributed by atoms with E-state index in [1.165, 1.54) is 54.0 Å². The van der Waals surface area contributed by atoms with Crippen LogP contribution in [-0.4, -0.2) is 95.6 Å². The fourth-order valence-corrected chi connectivity index (χ4v) is 20.0. The normalized spacial score (nSPS) is 46.6. The first kappa shape index (κ1) is 37.1. The summed E-state index contributed by atoms with van der Waals surface area (Å²) in [6, 6.07) is 30.5. The third kappa shape index (κ3) is 3.79. The van der Waals surface area contributed by atoms with Gasteiger partial charge in [-0.05, 0) is 124 Å². The second kappa shape index (κ2) is 12.0. The highest BCUT2D eigenvalue weighted by Crippen LogP contribution is 2.70. The minimum absolute atomic E-state index is 0.0101. The van der Waals surface area contributed by atoms with Crippen LogP contribution in [0.1, 0.15) is 76.0 Å². The topological polar surface area (TPSA) is 36.5 Å². The number of piperidine rings is 3. The molecule has 11 aliphatic heterocycles. The van der Waals surface area contributed by atoms with E-state index in [1.54, 1.807) is 33.4 Å².